The first-order valence-corrected chi connectivity index (χ1v) is 8.98. The maximum absolute atomic E-state index is 11.8. The van der Waals surface area contributed by atoms with Gasteiger partial charge in [-0.3, -0.25) is 5.10 Å². The van der Waals surface area contributed by atoms with Crippen LogP contribution in [0.3, 0.4) is 0 Å². The molecule has 0 saturated heterocycles. The van der Waals surface area contributed by atoms with Crippen LogP contribution in [0.15, 0.2) is 35.4 Å². The number of nitrogens with one attached hydrogen (secondary N) is 1. The summed E-state index contributed by atoms with van der Waals surface area (Å²) in [7, 11) is 0. The Balaban J connectivity index is 1.92. The standard InChI is InChI=1S/C19H21N5O2S/c1-5-26-18(25)15-6-8-17(9-7-15)23-12(2)10-16(13(23)3)11-20-24-14(4)21-22-19(24)27/h6-11H,5H2,1-4H3,(H,22,27)/b20-11-. The maximum atomic E-state index is 11.8. The van der Waals surface area contributed by atoms with Crippen LogP contribution in [0.2, 0.25) is 0 Å². The minimum Gasteiger partial charge on any atom is -0.462 e. The summed E-state index contributed by atoms with van der Waals surface area (Å²) < 4.78 is 9.17. The zero-order valence-electron chi connectivity index (χ0n) is 15.7. The molecular formula is C19H21N5O2S. The first kappa shape index (κ1) is 18.8. The van der Waals surface area contributed by atoms with E-state index >= 15 is 0 Å². The van der Waals surface area contributed by atoms with E-state index in [0.29, 0.717) is 22.8 Å². The van der Waals surface area contributed by atoms with Gasteiger partial charge in [0.1, 0.15) is 5.82 Å². The predicted molar refractivity (Wildman–Crippen MR) is 106 cm³/mol. The first-order chi connectivity index (χ1) is 12.9. The third-order valence-electron chi connectivity index (χ3n) is 4.23. The third kappa shape index (κ3) is 3.75. The number of aromatic nitrogens is 4. The molecule has 7 nitrogen and oxygen atoms in total. The molecule has 2 aromatic heterocycles. The number of hydrogen-bond donors (Lipinski definition) is 1. The SMILES string of the molecule is CCOC(=O)c1ccc(-n2c(C)cc(/C=N\n3c(C)n[nH]c3=S)c2C)cc1. The van der Waals surface area contributed by atoms with E-state index in [-0.39, 0.29) is 5.97 Å². The van der Waals surface area contributed by atoms with Gasteiger partial charge >= 0.3 is 5.97 Å². The summed E-state index contributed by atoms with van der Waals surface area (Å²) in [5.41, 5.74) is 4.58. The molecule has 3 rings (SSSR count). The van der Waals surface area contributed by atoms with E-state index in [2.05, 4.69) is 25.9 Å². The lowest BCUT2D eigenvalue weighted by Gasteiger charge is -2.10. The molecule has 0 aliphatic heterocycles. The molecule has 0 unspecified atom stereocenters. The third-order valence-corrected chi connectivity index (χ3v) is 4.50. The van der Waals surface area contributed by atoms with Gasteiger partial charge < -0.3 is 9.30 Å². The molecular weight excluding hydrogens is 362 g/mol. The van der Waals surface area contributed by atoms with E-state index in [1.54, 1.807) is 29.9 Å². The Labute approximate surface area is 162 Å². The van der Waals surface area contributed by atoms with Crippen molar-refractivity contribution in [3.8, 4) is 5.69 Å². The van der Waals surface area contributed by atoms with Crippen molar-refractivity contribution in [2.24, 2.45) is 5.10 Å². The van der Waals surface area contributed by atoms with Crippen LogP contribution in [0, 0.1) is 25.5 Å². The Morgan fingerprint density at radius 1 is 1.30 bits per heavy atom. The number of nitrogens with zero attached hydrogens (tertiary/aromatic N) is 4. The van der Waals surface area contributed by atoms with Gasteiger partial charge in [0, 0.05) is 22.6 Å². The average molecular weight is 383 g/mol. The quantitative estimate of drug-likeness (QED) is 0.414. The number of carbonyl (C=O) groups excluding carboxylic acids is 1. The van der Waals surface area contributed by atoms with Crippen LogP contribution in [0.1, 0.15) is 40.1 Å². The molecule has 0 spiro atoms. The molecule has 0 radical (unpaired) electrons. The van der Waals surface area contributed by atoms with E-state index in [0.717, 1.165) is 22.6 Å². The van der Waals surface area contributed by atoms with Gasteiger partial charge in [0.05, 0.1) is 18.4 Å². The molecule has 0 bridgehead atoms. The molecule has 0 saturated carbocycles. The number of benzene rings is 1. The minimum absolute atomic E-state index is 0.315. The molecule has 0 amide bonds. The summed E-state index contributed by atoms with van der Waals surface area (Å²) in [4.78, 5) is 11.8. The van der Waals surface area contributed by atoms with Gasteiger partial charge in [0.2, 0.25) is 4.77 Å². The summed E-state index contributed by atoms with van der Waals surface area (Å²) in [5, 5.41) is 11.2. The van der Waals surface area contributed by atoms with Gasteiger partial charge in [-0.05, 0) is 70.2 Å². The van der Waals surface area contributed by atoms with Gasteiger partial charge in [0.15, 0.2) is 0 Å². The fourth-order valence-electron chi connectivity index (χ4n) is 2.90. The van der Waals surface area contributed by atoms with Crippen LogP contribution in [0.4, 0.5) is 0 Å². The molecule has 1 N–H and O–H groups in total. The summed E-state index contributed by atoms with van der Waals surface area (Å²) in [5.74, 6) is 0.379. The highest BCUT2D eigenvalue weighted by molar-refractivity contribution is 7.71. The lowest BCUT2D eigenvalue weighted by atomic mass is 10.2. The molecule has 3 aromatic rings. The number of rotatable bonds is 5. The Morgan fingerprint density at radius 2 is 2.00 bits per heavy atom. The number of ether oxygens (including phenoxy) is 1. The fraction of sp³-hybridized carbons (Fsp3) is 0.263. The maximum Gasteiger partial charge on any atom is 0.338 e. The minimum atomic E-state index is -0.315. The smallest absolute Gasteiger partial charge is 0.338 e. The van der Waals surface area contributed by atoms with Crippen LogP contribution in [-0.4, -0.2) is 38.2 Å². The highest BCUT2D eigenvalue weighted by Gasteiger charge is 2.11. The monoisotopic (exact) mass is 383 g/mol. The van der Waals surface area contributed by atoms with Crippen LogP contribution in [-0.2, 0) is 4.74 Å². The van der Waals surface area contributed by atoms with Crippen molar-refractivity contribution in [2.45, 2.75) is 27.7 Å². The summed E-state index contributed by atoms with van der Waals surface area (Å²) in [6, 6.07) is 9.41. The van der Waals surface area contributed by atoms with Crippen LogP contribution >= 0.6 is 12.2 Å². The Bertz CT molecular complexity index is 1060. The number of aryl methyl sites for hydroxylation is 2. The summed E-state index contributed by atoms with van der Waals surface area (Å²) in [6.07, 6.45) is 1.77. The van der Waals surface area contributed by atoms with Crippen LogP contribution in [0.25, 0.3) is 5.69 Å². The Morgan fingerprint density at radius 3 is 2.59 bits per heavy atom. The Hall–Kier alpha value is -3.00. The second kappa shape index (κ2) is 7.71. The first-order valence-electron chi connectivity index (χ1n) is 8.57. The topological polar surface area (TPSA) is 77.2 Å². The molecule has 1 aromatic carbocycles. The lowest BCUT2D eigenvalue weighted by molar-refractivity contribution is 0.0526. The van der Waals surface area contributed by atoms with E-state index in [1.807, 2.05) is 32.9 Å². The highest BCUT2D eigenvalue weighted by atomic mass is 32.1. The molecule has 0 atom stereocenters. The summed E-state index contributed by atoms with van der Waals surface area (Å²) in [6.45, 7) is 8.03. The van der Waals surface area contributed by atoms with Crippen LogP contribution < -0.4 is 0 Å². The highest BCUT2D eigenvalue weighted by Crippen LogP contribution is 2.20. The fourth-order valence-corrected chi connectivity index (χ4v) is 3.13. The Kier molecular flexibility index (Phi) is 5.36. The van der Waals surface area contributed by atoms with Crippen molar-refractivity contribution < 1.29 is 9.53 Å². The van der Waals surface area contributed by atoms with Crippen molar-refractivity contribution in [3.63, 3.8) is 0 Å². The zero-order valence-corrected chi connectivity index (χ0v) is 16.5. The van der Waals surface area contributed by atoms with E-state index in [9.17, 15) is 4.79 Å². The van der Waals surface area contributed by atoms with Crippen LogP contribution in [0.5, 0.6) is 0 Å². The lowest BCUT2D eigenvalue weighted by Crippen LogP contribution is -2.05. The van der Waals surface area contributed by atoms with Gasteiger partial charge in [-0.25, -0.2) is 4.79 Å². The van der Waals surface area contributed by atoms with Crippen molar-refractivity contribution in [2.75, 3.05) is 6.61 Å². The predicted octanol–water partition coefficient (Wildman–Crippen LogP) is 3.72. The van der Waals surface area contributed by atoms with E-state index < -0.39 is 0 Å². The number of hydrogen-bond acceptors (Lipinski definition) is 5. The number of H-pyrrole nitrogens is 1. The summed E-state index contributed by atoms with van der Waals surface area (Å²) >= 11 is 5.17. The van der Waals surface area contributed by atoms with Crippen molar-refractivity contribution in [3.05, 3.63) is 63.4 Å². The largest absolute Gasteiger partial charge is 0.462 e. The van der Waals surface area contributed by atoms with Crippen molar-refractivity contribution in [1.29, 1.82) is 0 Å². The number of aromatic amines is 1. The molecule has 2 heterocycles. The van der Waals surface area contributed by atoms with Gasteiger partial charge in [-0.2, -0.15) is 14.9 Å². The normalized spacial score (nSPS) is 11.3. The van der Waals surface area contributed by atoms with E-state index in [4.69, 9.17) is 17.0 Å². The average Bonchev–Trinajstić information content (AvgIpc) is 3.12. The van der Waals surface area contributed by atoms with Gasteiger partial charge in [-0.15, -0.1) is 0 Å². The van der Waals surface area contributed by atoms with E-state index in [1.165, 1.54) is 0 Å². The zero-order chi connectivity index (χ0) is 19.6. The van der Waals surface area contributed by atoms with Gasteiger partial charge in [0.25, 0.3) is 0 Å². The number of esters is 1. The number of carbonyl (C=O) groups is 1. The molecule has 0 fully saturated rings. The second-order valence-corrected chi connectivity index (χ2v) is 6.45. The molecule has 0 aliphatic rings. The molecule has 8 heteroatoms. The van der Waals surface area contributed by atoms with Crippen molar-refractivity contribution in [1.82, 2.24) is 19.4 Å². The molecule has 27 heavy (non-hydrogen) atoms. The molecule has 0 aliphatic carbocycles. The molecule has 140 valence electrons. The van der Waals surface area contributed by atoms with Crippen molar-refractivity contribution >= 4 is 24.4 Å². The van der Waals surface area contributed by atoms with Gasteiger partial charge in [-0.1, -0.05) is 0 Å². The second-order valence-electron chi connectivity index (χ2n) is 6.06.